The minimum absolute atomic E-state index is 0.0100. The molecule has 0 bridgehead atoms. The number of oxazole rings is 1. The lowest BCUT2D eigenvalue weighted by molar-refractivity contribution is -0.132. The minimum atomic E-state index is -0.330. The normalized spacial score (nSPS) is 16.7. The first-order chi connectivity index (χ1) is 20.3. The predicted molar refractivity (Wildman–Crippen MR) is 164 cm³/mol. The van der Waals surface area contributed by atoms with Gasteiger partial charge < -0.3 is 14.2 Å². The second-order valence-corrected chi connectivity index (χ2v) is 12.1. The molecule has 0 unspecified atom stereocenters. The highest BCUT2D eigenvalue weighted by Crippen LogP contribution is 2.32. The number of carbonyl (C=O) groups excluding carboxylic acids is 2. The Bertz CT molecular complexity index is 1620. The fourth-order valence-corrected chi connectivity index (χ4v) is 6.47. The summed E-state index contributed by atoms with van der Waals surface area (Å²) in [5.74, 6) is 0.310. The highest BCUT2D eigenvalue weighted by molar-refractivity contribution is 5.79. The van der Waals surface area contributed by atoms with Gasteiger partial charge in [0.2, 0.25) is 11.8 Å². The Morgan fingerprint density at radius 1 is 0.714 bits per heavy atom. The number of likely N-dealkylation sites (tertiary alicyclic amines) is 2. The van der Waals surface area contributed by atoms with Crippen LogP contribution in [0, 0.1) is 13.8 Å². The van der Waals surface area contributed by atoms with Gasteiger partial charge in [-0.1, -0.05) is 65.7 Å². The Kier molecular flexibility index (Phi) is 8.00. The van der Waals surface area contributed by atoms with E-state index in [1.165, 1.54) is 11.1 Å². The number of aryl methyl sites for hydroxylation is 2. The number of carbonyl (C=O) groups is 2. The molecule has 2 fully saturated rings. The molecule has 1 aromatic heterocycles. The first-order valence-corrected chi connectivity index (χ1v) is 15.2. The molecule has 6 rings (SSSR count). The van der Waals surface area contributed by atoms with Crippen molar-refractivity contribution in [2.45, 2.75) is 64.3 Å². The average Bonchev–Trinajstić information content (AvgIpc) is 3.34. The van der Waals surface area contributed by atoms with Crippen LogP contribution >= 0.6 is 0 Å². The van der Waals surface area contributed by atoms with Crippen LogP contribution in [-0.4, -0.2) is 52.4 Å². The average molecular weight is 566 g/mol. The van der Waals surface area contributed by atoms with E-state index in [-0.39, 0.29) is 23.6 Å². The number of piperidine rings is 2. The van der Waals surface area contributed by atoms with Crippen molar-refractivity contribution in [3.8, 4) is 0 Å². The summed E-state index contributed by atoms with van der Waals surface area (Å²) >= 11 is 0. The van der Waals surface area contributed by atoms with E-state index < -0.39 is 0 Å². The molecule has 0 saturated carbocycles. The molecule has 7 heteroatoms. The summed E-state index contributed by atoms with van der Waals surface area (Å²) in [4.78, 5) is 42.6. The predicted octanol–water partition coefficient (Wildman–Crippen LogP) is 5.57. The van der Waals surface area contributed by atoms with E-state index in [0.717, 1.165) is 61.0 Å². The maximum atomic E-state index is 13.0. The van der Waals surface area contributed by atoms with Crippen molar-refractivity contribution < 1.29 is 14.0 Å². The van der Waals surface area contributed by atoms with Crippen LogP contribution in [0.1, 0.15) is 65.5 Å². The number of nitrogens with zero attached hydrogens (tertiary/aromatic N) is 3. The third-order valence-electron chi connectivity index (χ3n) is 9.09. The Labute approximate surface area is 246 Å². The standard InChI is InChI=1S/C35H39N3O4/c1-24-3-7-26(8-4-24)21-33(39)36-17-13-28(14-18-36)29-11-12-31-32(23-29)42-35(41)38(31)30-15-19-37(20-16-30)34(40)22-27-9-5-25(2)6-10-27/h3-12,23,28,30H,13-22H2,1-2H3. The lowest BCUT2D eigenvalue weighted by Crippen LogP contribution is -2.41. The first-order valence-electron chi connectivity index (χ1n) is 15.2. The van der Waals surface area contributed by atoms with E-state index in [4.69, 9.17) is 4.42 Å². The van der Waals surface area contributed by atoms with Crippen LogP contribution in [0.5, 0.6) is 0 Å². The van der Waals surface area contributed by atoms with Gasteiger partial charge in [0.1, 0.15) is 0 Å². The second kappa shape index (κ2) is 12.0. The number of benzene rings is 3. The number of rotatable bonds is 6. The number of amides is 2. The molecule has 0 radical (unpaired) electrons. The van der Waals surface area contributed by atoms with Crippen molar-refractivity contribution in [1.82, 2.24) is 14.4 Å². The summed E-state index contributed by atoms with van der Waals surface area (Å²) < 4.78 is 7.53. The summed E-state index contributed by atoms with van der Waals surface area (Å²) in [6.07, 6.45) is 4.09. The molecule has 0 atom stereocenters. The molecule has 2 aliphatic heterocycles. The van der Waals surface area contributed by atoms with Crippen molar-refractivity contribution in [3.05, 3.63) is 105 Å². The summed E-state index contributed by atoms with van der Waals surface area (Å²) in [7, 11) is 0. The zero-order chi connectivity index (χ0) is 29.2. The lowest BCUT2D eigenvalue weighted by Gasteiger charge is -2.33. The van der Waals surface area contributed by atoms with Gasteiger partial charge in [-0.3, -0.25) is 14.2 Å². The number of hydrogen-bond acceptors (Lipinski definition) is 4. The largest absolute Gasteiger partial charge is 0.420 e. The molecule has 0 aliphatic carbocycles. The van der Waals surface area contributed by atoms with Crippen LogP contribution in [0.4, 0.5) is 0 Å². The minimum Gasteiger partial charge on any atom is -0.408 e. The molecular weight excluding hydrogens is 526 g/mol. The van der Waals surface area contributed by atoms with E-state index >= 15 is 0 Å². The Balaban J connectivity index is 1.06. The first kappa shape index (κ1) is 28.0. The molecule has 4 aromatic rings. The number of hydrogen-bond donors (Lipinski definition) is 0. The van der Waals surface area contributed by atoms with E-state index in [0.29, 0.717) is 37.4 Å². The summed E-state index contributed by atoms with van der Waals surface area (Å²) in [5, 5.41) is 0. The molecule has 3 heterocycles. The van der Waals surface area contributed by atoms with Gasteiger partial charge in [-0.05, 0) is 74.3 Å². The van der Waals surface area contributed by atoms with E-state index in [1.54, 1.807) is 4.57 Å². The molecular formula is C35H39N3O4. The molecule has 3 aromatic carbocycles. The van der Waals surface area contributed by atoms with Crippen molar-refractivity contribution in [3.63, 3.8) is 0 Å². The quantitative estimate of drug-likeness (QED) is 0.307. The molecule has 42 heavy (non-hydrogen) atoms. The van der Waals surface area contributed by atoms with Crippen LogP contribution in [-0.2, 0) is 22.4 Å². The van der Waals surface area contributed by atoms with Crippen molar-refractivity contribution >= 4 is 22.9 Å². The van der Waals surface area contributed by atoms with Gasteiger partial charge in [-0.25, -0.2) is 4.79 Å². The van der Waals surface area contributed by atoms with Crippen LogP contribution in [0.2, 0.25) is 0 Å². The molecule has 7 nitrogen and oxygen atoms in total. The third-order valence-corrected chi connectivity index (χ3v) is 9.09. The van der Waals surface area contributed by atoms with Crippen molar-refractivity contribution in [1.29, 1.82) is 0 Å². The van der Waals surface area contributed by atoms with E-state index in [2.05, 4.69) is 13.0 Å². The number of fused-ring (bicyclic) bond motifs is 1. The van der Waals surface area contributed by atoms with Gasteiger partial charge in [-0.15, -0.1) is 0 Å². The van der Waals surface area contributed by atoms with Gasteiger partial charge in [-0.2, -0.15) is 0 Å². The van der Waals surface area contributed by atoms with Crippen LogP contribution in [0.25, 0.3) is 11.1 Å². The molecule has 2 saturated heterocycles. The van der Waals surface area contributed by atoms with Gasteiger partial charge in [0, 0.05) is 32.2 Å². The van der Waals surface area contributed by atoms with Gasteiger partial charge >= 0.3 is 5.76 Å². The van der Waals surface area contributed by atoms with E-state index in [1.807, 2.05) is 77.4 Å². The summed E-state index contributed by atoms with van der Waals surface area (Å²) in [6.45, 7) is 6.83. The monoisotopic (exact) mass is 565 g/mol. The second-order valence-electron chi connectivity index (χ2n) is 12.1. The Hall–Kier alpha value is -4.13. The molecule has 2 aliphatic rings. The topological polar surface area (TPSA) is 75.8 Å². The fourth-order valence-electron chi connectivity index (χ4n) is 6.47. The lowest BCUT2D eigenvalue weighted by atomic mass is 9.89. The van der Waals surface area contributed by atoms with E-state index in [9.17, 15) is 14.4 Å². The SMILES string of the molecule is Cc1ccc(CC(=O)N2CCC(c3ccc4c(c3)oc(=O)n4C3CCN(C(=O)Cc4ccc(C)cc4)CC3)CC2)cc1. The van der Waals surface area contributed by atoms with Gasteiger partial charge in [0.15, 0.2) is 5.58 Å². The van der Waals surface area contributed by atoms with Crippen LogP contribution < -0.4 is 5.76 Å². The molecule has 0 N–H and O–H groups in total. The van der Waals surface area contributed by atoms with Crippen molar-refractivity contribution in [2.75, 3.05) is 26.2 Å². The van der Waals surface area contributed by atoms with Crippen molar-refractivity contribution in [2.24, 2.45) is 0 Å². The number of aromatic nitrogens is 1. The summed E-state index contributed by atoms with van der Waals surface area (Å²) in [5.41, 5.74) is 7.06. The van der Waals surface area contributed by atoms with Crippen LogP contribution in [0.3, 0.4) is 0 Å². The molecule has 2 amide bonds. The Morgan fingerprint density at radius 2 is 1.21 bits per heavy atom. The van der Waals surface area contributed by atoms with Gasteiger partial charge in [0.25, 0.3) is 0 Å². The highest BCUT2D eigenvalue weighted by Gasteiger charge is 2.28. The Morgan fingerprint density at radius 3 is 1.74 bits per heavy atom. The molecule has 0 spiro atoms. The summed E-state index contributed by atoms with van der Waals surface area (Å²) in [6, 6.07) is 22.4. The van der Waals surface area contributed by atoms with Crippen LogP contribution in [0.15, 0.2) is 75.9 Å². The zero-order valence-corrected chi connectivity index (χ0v) is 24.6. The zero-order valence-electron chi connectivity index (χ0n) is 24.6. The highest BCUT2D eigenvalue weighted by atomic mass is 16.4. The third kappa shape index (κ3) is 6.06. The van der Waals surface area contributed by atoms with Gasteiger partial charge in [0.05, 0.1) is 18.4 Å². The fraction of sp³-hybridized carbons (Fsp3) is 0.400. The maximum Gasteiger partial charge on any atom is 0.420 e. The molecule has 218 valence electrons. The smallest absolute Gasteiger partial charge is 0.408 e. The maximum absolute atomic E-state index is 13.0.